The SMILES string of the molecule is CCCN1CCCc2cc(C=NNc3ccccc3)ccc21. The molecule has 2 aromatic rings. The van der Waals surface area contributed by atoms with Crippen LogP contribution in [-0.2, 0) is 6.42 Å². The van der Waals surface area contributed by atoms with Crippen LogP contribution in [0.15, 0.2) is 53.6 Å². The summed E-state index contributed by atoms with van der Waals surface area (Å²) in [6, 6.07) is 16.7. The highest BCUT2D eigenvalue weighted by molar-refractivity contribution is 5.82. The number of benzene rings is 2. The zero-order valence-corrected chi connectivity index (χ0v) is 13.1. The Morgan fingerprint density at radius 3 is 2.86 bits per heavy atom. The normalized spacial score (nSPS) is 14.1. The number of anilines is 2. The number of hydrogen-bond acceptors (Lipinski definition) is 3. The third-order valence-corrected chi connectivity index (χ3v) is 3.99. The fourth-order valence-corrected chi connectivity index (χ4v) is 2.97. The van der Waals surface area contributed by atoms with Crippen LogP contribution in [0.2, 0.25) is 0 Å². The Kier molecular flexibility index (Phi) is 4.74. The van der Waals surface area contributed by atoms with Crippen LogP contribution in [0.5, 0.6) is 0 Å². The first-order chi connectivity index (χ1) is 10.9. The number of nitrogens with one attached hydrogen (secondary N) is 1. The van der Waals surface area contributed by atoms with E-state index in [1.54, 1.807) is 0 Å². The van der Waals surface area contributed by atoms with Crippen molar-refractivity contribution in [2.24, 2.45) is 5.10 Å². The predicted octanol–water partition coefficient (Wildman–Crippen LogP) is 4.30. The minimum Gasteiger partial charge on any atom is -0.371 e. The summed E-state index contributed by atoms with van der Waals surface area (Å²) in [4.78, 5) is 2.50. The molecule has 1 aliphatic rings. The van der Waals surface area contributed by atoms with Crippen molar-refractivity contribution in [2.45, 2.75) is 26.2 Å². The highest BCUT2D eigenvalue weighted by atomic mass is 15.3. The Bertz CT molecular complexity index is 634. The average Bonchev–Trinajstić information content (AvgIpc) is 2.56. The highest BCUT2D eigenvalue weighted by Crippen LogP contribution is 2.27. The molecule has 1 aliphatic heterocycles. The molecule has 3 nitrogen and oxygen atoms in total. The quantitative estimate of drug-likeness (QED) is 0.657. The lowest BCUT2D eigenvalue weighted by molar-refractivity contribution is 0.681. The first kappa shape index (κ1) is 14.6. The van der Waals surface area contributed by atoms with Gasteiger partial charge >= 0.3 is 0 Å². The minimum atomic E-state index is 1.01. The Hall–Kier alpha value is -2.29. The fraction of sp³-hybridized carbons (Fsp3) is 0.316. The summed E-state index contributed by atoms with van der Waals surface area (Å²) < 4.78 is 0. The number of hydrazone groups is 1. The van der Waals surface area contributed by atoms with Crippen LogP contribution in [0.25, 0.3) is 0 Å². The molecule has 22 heavy (non-hydrogen) atoms. The molecule has 2 aromatic carbocycles. The van der Waals surface area contributed by atoms with Gasteiger partial charge in [-0.25, -0.2) is 0 Å². The van der Waals surface area contributed by atoms with Crippen LogP contribution >= 0.6 is 0 Å². The molecule has 114 valence electrons. The van der Waals surface area contributed by atoms with Crippen molar-refractivity contribution in [1.82, 2.24) is 0 Å². The molecular formula is C19H23N3. The highest BCUT2D eigenvalue weighted by Gasteiger charge is 2.15. The predicted molar refractivity (Wildman–Crippen MR) is 94.9 cm³/mol. The Labute approximate surface area is 132 Å². The third kappa shape index (κ3) is 3.48. The average molecular weight is 293 g/mol. The molecule has 0 saturated carbocycles. The number of fused-ring (bicyclic) bond motifs is 1. The summed E-state index contributed by atoms with van der Waals surface area (Å²) in [5.74, 6) is 0. The van der Waals surface area contributed by atoms with Gasteiger partial charge in [0.2, 0.25) is 0 Å². The van der Waals surface area contributed by atoms with Gasteiger partial charge < -0.3 is 4.90 Å². The summed E-state index contributed by atoms with van der Waals surface area (Å²) in [7, 11) is 0. The Balaban J connectivity index is 1.70. The van der Waals surface area contributed by atoms with E-state index in [-0.39, 0.29) is 0 Å². The van der Waals surface area contributed by atoms with Crippen LogP contribution < -0.4 is 10.3 Å². The first-order valence-corrected chi connectivity index (χ1v) is 8.09. The second-order valence-electron chi connectivity index (χ2n) is 5.71. The second-order valence-corrected chi connectivity index (χ2v) is 5.71. The zero-order valence-electron chi connectivity index (χ0n) is 13.1. The first-order valence-electron chi connectivity index (χ1n) is 8.09. The van der Waals surface area contributed by atoms with E-state index in [0.29, 0.717) is 0 Å². The summed E-state index contributed by atoms with van der Waals surface area (Å²) in [6.07, 6.45) is 5.51. The van der Waals surface area contributed by atoms with Gasteiger partial charge in [0.05, 0.1) is 11.9 Å². The lowest BCUT2D eigenvalue weighted by atomic mass is 9.99. The van der Waals surface area contributed by atoms with Crippen LogP contribution in [0.3, 0.4) is 0 Å². The maximum atomic E-state index is 4.33. The standard InChI is InChI=1S/C19H23N3/c1-2-12-22-13-6-7-17-14-16(10-11-19(17)22)15-20-21-18-8-4-3-5-9-18/h3-5,8-11,14-15,21H,2,6-7,12-13H2,1H3. The van der Waals surface area contributed by atoms with Gasteiger partial charge in [-0.1, -0.05) is 31.2 Å². The van der Waals surface area contributed by atoms with Crippen molar-refractivity contribution >= 4 is 17.6 Å². The molecule has 0 spiro atoms. The van der Waals surface area contributed by atoms with Gasteiger partial charge in [-0.05, 0) is 54.7 Å². The number of aryl methyl sites for hydroxylation is 1. The molecule has 0 aromatic heterocycles. The van der Waals surface area contributed by atoms with E-state index in [2.05, 4.69) is 40.5 Å². The van der Waals surface area contributed by atoms with Gasteiger partial charge in [0.15, 0.2) is 0 Å². The van der Waals surface area contributed by atoms with E-state index < -0.39 is 0 Å². The summed E-state index contributed by atoms with van der Waals surface area (Å²) >= 11 is 0. The van der Waals surface area contributed by atoms with Crippen molar-refractivity contribution in [3.05, 3.63) is 59.7 Å². The van der Waals surface area contributed by atoms with Crippen molar-refractivity contribution < 1.29 is 0 Å². The van der Waals surface area contributed by atoms with E-state index >= 15 is 0 Å². The van der Waals surface area contributed by atoms with Gasteiger partial charge in [-0.2, -0.15) is 5.10 Å². The molecule has 3 heteroatoms. The molecule has 0 saturated heterocycles. The van der Waals surface area contributed by atoms with Crippen molar-refractivity contribution in [3.63, 3.8) is 0 Å². The Morgan fingerprint density at radius 1 is 1.18 bits per heavy atom. The lowest BCUT2D eigenvalue weighted by Crippen LogP contribution is -2.30. The molecule has 1 N–H and O–H groups in total. The van der Waals surface area contributed by atoms with Gasteiger partial charge in [-0.15, -0.1) is 0 Å². The lowest BCUT2D eigenvalue weighted by Gasteiger charge is -2.31. The Morgan fingerprint density at radius 2 is 2.05 bits per heavy atom. The van der Waals surface area contributed by atoms with E-state index in [0.717, 1.165) is 17.8 Å². The van der Waals surface area contributed by atoms with Crippen LogP contribution in [0.1, 0.15) is 30.9 Å². The van der Waals surface area contributed by atoms with E-state index in [9.17, 15) is 0 Å². The monoisotopic (exact) mass is 293 g/mol. The van der Waals surface area contributed by atoms with Gasteiger partial charge in [-0.3, -0.25) is 5.43 Å². The summed E-state index contributed by atoms with van der Waals surface area (Å²) in [6.45, 7) is 4.57. The fourth-order valence-electron chi connectivity index (χ4n) is 2.97. The minimum absolute atomic E-state index is 1.01. The maximum Gasteiger partial charge on any atom is 0.0561 e. The topological polar surface area (TPSA) is 27.6 Å². The summed E-state index contributed by atoms with van der Waals surface area (Å²) in [5.41, 5.74) is 8.07. The number of rotatable bonds is 5. The smallest absolute Gasteiger partial charge is 0.0561 e. The van der Waals surface area contributed by atoms with E-state index in [1.807, 2.05) is 36.5 Å². The van der Waals surface area contributed by atoms with Crippen LogP contribution in [-0.4, -0.2) is 19.3 Å². The van der Waals surface area contributed by atoms with E-state index in [1.165, 1.54) is 37.1 Å². The molecular weight excluding hydrogens is 270 g/mol. The second kappa shape index (κ2) is 7.12. The molecule has 0 aliphatic carbocycles. The molecule has 0 radical (unpaired) electrons. The number of hydrogen-bond donors (Lipinski definition) is 1. The molecule has 0 unspecified atom stereocenters. The zero-order chi connectivity index (χ0) is 15.2. The van der Waals surface area contributed by atoms with Crippen LogP contribution in [0.4, 0.5) is 11.4 Å². The van der Waals surface area contributed by atoms with Crippen molar-refractivity contribution in [3.8, 4) is 0 Å². The number of nitrogens with zero attached hydrogens (tertiary/aromatic N) is 2. The van der Waals surface area contributed by atoms with Crippen molar-refractivity contribution in [1.29, 1.82) is 0 Å². The largest absolute Gasteiger partial charge is 0.371 e. The number of para-hydroxylation sites is 1. The molecule has 0 atom stereocenters. The van der Waals surface area contributed by atoms with Gasteiger partial charge in [0, 0.05) is 18.8 Å². The van der Waals surface area contributed by atoms with Crippen LogP contribution in [0, 0.1) is 0 Å². The molecule has 3 rings (SSSR count). The molecule has 0 amide bonds. The third-order valence-electron chi connectivity index (χ3n) is 3.99. The summed E-state index contributed by atoms with van der Waals surface area (Å²) in [5, 5.41) is 4.33. The van der Waals surface area contributed by atoms with Crippen molar-refractivity contribution in [2.75, 3.05) is 23.4 Å². The molecule has 0 fully saturated rings. The maximum absolute atomic E-state index is 4.33. The molecule has 0 bridgehead atoms. The van der Waals surface area contributed by atoms with E-state index in [4.69, 9.17) is 0 Å². The van der Waals surface area contributed by atoms with Gasteiger partial charge in [0.25, 0.3) is 0 Å². The molecule has 1 heterocycles. The van der Waals surface area contributed by atoms with Gasteiger partial charge in [0.1, 0.15) is 0 Å².